The van der Waals surface area contributed by atoms with E-state index >= 15 is 0 Å². The summed E-state index contributed by atoms with van der Waals surface area (Å²) < 4.78 is 102. The first-order valence-corrected chi connectivity index (χ1v) is 43.1. The number of aromatic hydroxyl groups is 3. The van der Waals surface area contributed by atoms with Gasteiger partial charge in [0, 0.05) is 131 Å². The number of hydrogen-bond donors (Lipinski definition) is 9. The average molecular weight is 1720 g/mol. The Labute approximate surface area is 724 Å². The summed E-state index contributed by atoms with van der Waals surface area (Å²) in [6.07, 6.45) is 15.4. The van der Waals surface area contributed by atoms with E-state index in [9.17, 15) is 50.8 Å². The van der Waals surface area contributed by atoms with Gasteiger partial charge >= 0.3 is 12.1 Å². The number of alkyl halides is 7. The standard InChI is InChI=1S/C22H18N4.C21H16F3N3O.C21H16F2N2O.C20H15F2N3O.C17H17N3O2/c1-2-4-15-14(3-1)21-16-9-10-23-17(16)7-8-19(21)26-22(15)13-5-6-18-20(11-13)25-12-24-18;22-21(23,24)12-3-6-14-15(9-12)20(11-1-4-13(28)5-2-11)26-18-8-7-17-16(19(14)18)10-25-27-17;22-21(23)9-7-14-16(11-21)20(12-1-3-13(26)4-2-12)25-18-6-5-17-15(19(14)18)8-10-24-17;21-20(22)8-7-13-14(9-20)19(11-1-3-12(26)4-2-11)24-17-6-5-16-15(18(13)17)10-23-25-16;1-2-22-17(21)16-11-6-4-3-5-10(11)15-12-9-18-20-13(12)7-8-14(15)19-16/h5-12,26H,1-4H2,(H,24,25);1-2,4-5,7-8,10,12,28H,3,6,9H2,(H,25,27);1-6,8,10,25-26H,7,9,11H2;1-6,10,26H,7-9H2,(H,23,25);7-9H,2-6H2,1H3,(H,18,20). The number of fused-ring (bicyclic) bond motifs is 26. The van der Waals surface area contributed by atoms with Gasteiger partial charge in [0.1, 0.15) is 17.2 Å². The third kappa shape index (κ3) is 14.7. The number of nitrogens with one attached hydrogen (secondary N) is 6. The van der Waals surface area contributed by atoms with E-state index in [4.69, 9.17) is 14.7 Å². The molecule has 0 amide bonds. The summed E-state index contributed by atoms with van der Waals surface area (Å²) in [7, 11) is 0. The highest BCUT2D eigenvalue weighted by molar-refractivity contribution is 6.13. The van der Waals surface area contributed by atoms with Crippen LogP contribution in [0.25, 0.3) is 165 Å². The molecule has 0 saturated heterocycles. The number of imidazole rings is 1. The number of rotatable bonds is 6. The Kier molecular flexibility index (Phi) is 20.2. The fourth-order valence-corrected chi connectivity index (χ4v) is 20.0. The van der Waals surface area contributed by atoms with Crippen LogP contribution in [0.1, 0.15) is 118 Å². The Bertz CT molecular complexity index is 7600. The molecule has 9 N–H and O–H groups in total. The van der Waals surface area contributed by atoms with Crippen molar-refractivity contribution in [3.8, 4) is 62.3 Å². The van der Waals surface area contributed by atoms with Gasteiger partial charge in [0.15, 0.2) is 5.69 Å². The maximum atomic E-state index is 14.2. The van der Waals surface area contributed by atoms with Gasteiger partial charge in [0.25, 0.3) is 11.8 Å². The van der Waals surface area contributed by atoms with Crippen LogP contribution >= 0.6 is 0 Å². The van der Waals surface area contributed by atoms with Crippen molar-refractivity contribution in [3.63, 3.8) is 0 Å². The number of aryl methyl sites for hydroxylation is 5. The zero-order valence-corrected chi connectivity index (χ0v) is 69.2. The van der Waals surface area contributed by atoms with Gasteiger partial charge < -0.3 is 35.0 Å². The highest BCUT2D eigenvalue weighted by Crippen LogP contribution is 2.49. The van der Waals surface area contributed by atoms with Crippen LogP contribution in [0.3, 0.4) is 0 Å². The zero-order valence-electron chi connectivity index (χ0n) is 69.2. The van der Waals surface area contributed by atoms with E-state index in [0.717, 1.165) is 176 Å². The van der Waals surface area contributed by atoms with Crippen LogP contribution in [0.5, 0.6) is 17.2 Å². The van der Waals surface area contributed by atoms with E-state index in [0.29, 0.717) is 70.9 Å². The molecule has 20 nitrogen and oxygen atoms in total. The first-order valence-electron chi connectivity index (χ1n) is 43.1. The number of pyridine rings is 5. The number of H-pyrrole nitrogens is 6. The maximum absolute atomic E-state index is 14.2. The average Bonchev–Trinajstić information content (AvgIpc) is 1.31. The third-order valence-corrected chi connectivity index (χ3v) is 26.0. The molecule has 11 aromatic heterocycles. The number of carbonyl (C=O) groups excluding carboxylic acids is 1. The number of halogens is 7. The predicted molar refractivity (Wildman–Crippen MR) is 483 cm³/mol. The monoisotopic (exact) mass is 1720 g/mol. The molecule has 9 aromatic carbocycles. The van der Waals surface area contributed by atoms with Gasteiger partial charge in [-0.2, -0.15) is 28.5 Å². The second kappa shape index (κ2) is 32.1. The molecule has 0 fully saturated rings. The van der Waals surface area contributed by atoms with Crippen LogP contribution in [0, 0.1) is 5.92 Å². The summed E-state index contributed by atoms with van der Waals surface area (Å²) in [6.45, 7) is 2.19. The molecule has 5 aliphatic rings. The summed E-state index contributed by atoms with van der Waals surface area (Å²) in [6, 6.07) is 49.9. The lowest BCUT2D eigenvalue weighted by Crippen LogP contribution is -2.29. The Hall–Kier alpha value is -14.6. The van der Waals surface area contributed by atoms with Crippen molar-refractivity contribution in [3.05, 3.63) is 262 Å². The number of aromatic nitrogens is 15. The van der Waals surface area contributed by atoms with E-state index in [2.05, 4.69) is 102 Å². The minimum Gasteiger partial charge on any atom is -0.508 e. The number of nitrogens with zero attached hydrogens (tertiary/aromatic N) is 9. The Morgan fingerprint density at radius 3 is 1.36 bits per heavy atom. The number of esters is 1. The van der Waals surface area contributed by atoms with E-state index in [1.54, 1.807) is 85.6 Å². The number of phenols is 3. The Balaban J connectivity index is 0.0000000974. The van der Waals surface area contributed by atoms with E-state index in [1.807, 2.05) is 73.9 Å². The number of phenolic OH excluding ortho intramolecular Hbond substituents is 3. The fraction of sp³-hybridized carbons (Fsp3) is 0.228. The van der Waals surface area contributed by atoms with Crippen LogP contribution in [-0.4, -0.2) is 121 Å². The lowest BCUT2D eigenvalue weighted by Gasteiger charge is -2.29. The molecule has 0 saturated carbocycles. The summed E-state index contributed by atoms with van der Waals surface area (Å²) in [4.78, 5) is 49.9. The largest absolute Gasteiger partial charge is 0.508 e. The molecular weight excluding hydrogens is 1640 g/mol. The number of ether oxygens (including phenoxy) is 1. The molecule has 1 atom stereocenters. The van der Waals surface area contributed by atoms with E-state index < -0.39 is 23.9 Å². The van der Waals surface area contributed by atoms with Crippen molar-refractivity contribution in [2.75, 3.05) is 6.61 Å². The Morgan fingerprint density at radius 1 is 0.414 bits per heavy atom. The van der Waals surface area contributed by atoms with E-state index in [-0.39, 0.29) is 61.7 Å². The molecule has 640 valence electrons. The number of benzene rings is 9. The lowest BCUT2D eigenvalue weighted by molar-refractivity contribution is -0.177. The molecule has 27 heteroatoms. The van der Waals surface area contributed by atoms with Crippen LogP contribution in [0.15, 0.2) is 201 Å². The van der Waals surface area contributed by atoms with Crippen molar-refractivity contribution >= 4 is 126 Å². The zero-order chi connectivity index (χ0) is 87.4. The van der Waals surface area contributed by atoms with Gasteiger partial charge in [0.2, 0.25) is 0 Å². The molecule has 0 radical (unpaired) electrons. The van der Waals surface area contributed by atoms with Crippen molar-refractivity contribution in [2.45, 2.75) is 134 Å². The molecule has 1 unspecified atom stereocenters. The maximum Gasteiger partial charge on any atom is 0.392 e. The predicted octanol–water partition coefficient (Wildman–Crippen LogP) is 23.3. The molecule has 128 heavy (non-hydrogen) atoms. The first-order chi connectivity index (χ1) is 62.1. The number of carbonyl (C=O) groups is 1. The summed E-state index contributed by atoms with van der Waals surface area (Å²) in [5.41, 5.74) is 28.2. The highest BCUT2D eigenvalue weighted by atomic mass is 19.4. The Morgan fingerprint density at radius 2 is 0.836 bits per heavy atom. The van der Waals surface area contributed by atoms with Gasteiger partial charge in [0.05, 0.1) is 104 Å². The topological polar surface area (TPSA) is 298 Å². The first kappa shape index (κ1) is 80.5. The SMILES string of the molecule is CCOC(=O)c1nc2ccc3[nH]ncc3c2c2c1CCCC2.Oc1ccc(-c2[nH]c3ccc4nccc4c3c3c2CC(F)(F)CC3)cc1.Oc1ccc(-c2nc3ccc4[nH]ncc4c3c3c2CC(C(F)(F)F)CC3)cc1.Oc1ccc(-c2nc3ccc4[nH]ncc4c3c3c2CC(F)(F)CC3)cc1.c1cc2c(ccc3[nH]c(-c4ccc5nc[nH]c5c4)c4c(c32)CCCC4)n1. The van der Waals surface area contributed by atoms with Crippen LogP contribution in [0.4, 0.5) is 30.7 Å². The fourth-order valence-electron chi connectivity index (χ4n) is 20.0. The lowest BCUT2D eigenvalue weighted by atomic mass is 9.79. The smallest absolute Gasteiger partial charge is 0.392 e. The van der Waals surface area contributed by atoms with E-state index in [1.165, 1.54) is 69.2 Å². The van der Waals surface area contributed by atoms with Crippen molar-refractivity contribution < 1.29 is 55.6 Å². The molecule has 20 aromatic rings. The molecule has 0 aliphatic heterocycles. The molecule has 0 bridgehead atoms. The second-order valence-corrected chi connectivity index (χ2v) is 33.7. The molecule has 5 aliphatic carbocycles. The third-order valence-electron chi connectivity index (χ3n) is 26.0. The number of hydrogen-bond acceptors (Lipinski definition) is 14. The molecular formula is C101H82F7N15O5. The van der Waals surface area contributed by atoms with Crippen molar-refractivity contribution in [1.82, 2.24) is 75.4 Å². The van der Waals surface area contributed by atoms with Gasteiger partial charge in [-0.3, -0.25) is 25.3 Å². The van der Waals surface area contributed by atoms with Crippen molar-refractivity contribution in [2.24, 2.45) is 5.92 Å². The van der Waals surface area contributed by atoms with Crippen LogP contribution in [-0.2, 0) is 68.9 Å². The van der Waals surface area contributed by atoms with Gasteiger partial charge in [-0.1, -0.05) is 6.07 Å². The number of aromatic amines is 6. The highest BCUT2D eigenvalue weighted by Gasteiger charge is 2.44. The molecule has 11 heterocycles. The summed E-state index contributed by atoms with van der Waals surface area (Å²) >= 11 is 0. The van der Waals surface area contributed by atoms with Gasteiger partial charge in [-0.25, -0.2) is 42.3 Å². The van der Waals surface area contributed by atoms with Gasteiger partial charge in [-0.05, 0) is 309 Å². The summed E-state index contributed by atoms with van der Waals surface area (Å²) in [5.74, 6) is -6.75. The van der Waals surface area contributed by atoms with Crippen LogP contribution < -0.4 is 0 Å². The second-order valence-electron chi connectivity index (χ2n) is 33.7. The van der Waals surface area contributed by atoms with Gasteiger partial charge in [-0.15, -0.1) is 0 Å². The summed E-state index contributed by atoms with van der Waals surface area (Å²) in [5, 5.41) is 60.3. The van der Waals surface area contributed by atoms with Crippen molar-refractivity contribution in [1.29, 1.82) is 0 Å². The quantitative estimate of drug-likeness (QED) is 0.0553. The normalized spacial score (nSPS) is 15.6. The minimum absolute atomic E-state index is 0.0683. The minimum atomic E-state index is -4.24. The van der Waals surface area contributed by atoms with Crippen LogP contribution in [0.2, 0.25) is 0 Å². The molecule has 0 spiro atoms. The molecule has 25 rings (SSSR count).